The number of allylic oxidation sites excluding steroid dienone is 3. The Kier molecular flexibility index (Phi) is 5.99. The highest BCUT2D eigenvalue weighted by atomic mass is 19.1. The summed E-state index contributed by atoms with van der Waals surface area (Å²) >= 11 is 0. The second-order valence-electron chi connectivity index (χ2n) is 4.17. The number of nitrogens with zero attached hydrogens (tertiary/aromatic N) is 1. The standard InChI is InChI=1S/C14H19FN2O2/c1-3-19-14(18)13(8-10(2)16)17-9-11-6-4-5-7-12(11)15/h6-8H,3-5,9,16H2,1-2H3. The Balaban J connectivity index is 2.83. The number of hydrogen-bond acceptors (Lipinski definition) is 4. The first-order valence-corrected chi connectivity index (χ1v) is 6.25. The molecular formula is C14H19FN2O2. The number of nitrogens with two attached hydrogens (primary N) is 1. The molecule has 0 amide bonds. The summed E-state index contributed by atoms with van der Waals surface area (Å²) in [7, 11) is 0. The predicted molar refractivity (Wildman–Crippen MR) is 73.4 cm³/mol. The van der Waals surface area contributed by atoms with E-state index in [1.165, 1.54) is 12.2 Å². The molecule has 0 atom stereocenters. The molecule has 0 fully saturated rings. The van der Waals surface area contributed by atoms with E-state index in [4.69, 9.17) is 10.5 Å². The molecule has 0 saturated heterocycles. The summed E-state index contributed by atoms with van der Waals surface area (Å²) in [5.41, 5.74) is 6.59. The van der Waals surface area contributed by atoms with Crippen LogP contribution in [0.3, 0.4) is 0 Å². The monoisotopic (exact) mass is 266 g/mol. The Bertz CT molecular complexity index is 458. The number of carbonyl (C=O) groups is 1. The van der Waals surface area contributed by atoms with Gasteiger partial charge in [0, 0.05) is 11.3 Å². The second kappa shape index (κ2) is 7.51. The molecule has 0 spiro atoms. The first kappa shape index (κ1) is 15.1. The number of aliphatic imine (C=N–C) groups is 1. The molecule has 0 saturated carbocycles. The van der Waals surface area contributed by atoms with Gasteiger partial charge < -0.3 is 10.5 Å². The lowest BCUT2D eigenvalue weighted by molar-refractivity contribution is -0.134. The van der Waals surface area contributed by atoms with Crippen LogP contribution in [0.2, 0.25) is 0 Å². The summed E-state index contributed by atoms with van der Waals surface area (Å²) in [6.07, 6.45) is 6.24. The van der Waals surface area contributed by atoms with Crippen LogP contribution in [0, 0.1) is 0 Å². The van der Waals surface area contributed by atoms with Crippen LogP contribution in [0.5, 0.6) is 0 Å². The average Bonchev–Trinajstić information content (AvgIpc) is 2.36. The van der Waals surface area contributed by atoms with Gasteiger partial charge in [0.25, 0.3) is 0 Å². The number of esters is 1. The van der Waals surface area contributed by atoms with E-state index < -0.39 is 5.97 Å². The summed E-state index contributed by atoms with van der Waals surface area (Å²) in [6, 6.07) is 0. The Morgan fingerprint density at radius 2 is 2.21 bits per heavy atom. The van der Waals surface area contributed by atoms with E-state index in [-0.39, 0.29) is 24.7 Å². The van der Waals surface area contributed by atoms with Gasteiger partial charge in [0.2, 0.25) is 0 Å². The van der Waals surface area contributed by atoms with E-state index >= 15 is 0 Å². The minimum Gasteiger partial charge on any atom is -0.461 e. The maximum absolute atomic E-state index is 13.5. The smallest absolute Gasteiger partial charge is 0.356 e. The number of hydrogen-bond donors (Lipinski definition) is 1. The molecule has 5 heteroatoms. The van der Waals surface area contributed by atoms with Crippen molar-refractivity contribution in [2.75, 3.05) is 13.2 Å². The zero-order valence-corrected chi connectivity index (χ0v) is 11.3. The summed E-state index contributed by atoms with van der Waals surface area (Å²) in [6.45, 7) is 3.72. The quantitative estimate of drug-likeness (QED) is 0.614. The first-order valence-electron chi connectivity index (χ1n) is 6.25. The zero-order chi connectivity index (χ0) is 14.3. The van der Waals surface area contributed by atoms with Gasteiger partial charge in [-0.25, -0.2) is 9.18 Å². The SMILES string of the molecule is CCOC(=O)C(C=C(C)N)=NCC1=CCCC=C1F. The van der Waals surface area contributed by atoms with Crippen LogP contribution < -0.4 is 5.73 Å². The summed E-state index contributed by atoms with van der Waals surface area (Å²) in [5, 5.41) is 0. The molecule has 104 valence electrons. The van der Waals surface area contributed by atoms with Gasteiger partial charge in [0.1, 0.15) is 11.5 Å². The highest BCUT2D eigenvalue weighted by Gasteiger charge is 2.12. The van der Waals surface area contributed by atoms with Crippen molar-refractivity contribution >= 4 is 11.7 Å². The van der Waals surface area contributed by atoms with Crippen LogP contribution in [-0.2, 0) is 9.53 Å². The fraction of sp³-hybridized carbons (Fsp3) is 0.429. The molecule has 1 aliphatic carbocycles. The molecule has 1 rings (SSSR count). The number of ether oxygens (including phenoxy) is 1. The molecule has 1 aliphatic rings. The first-order chi connectivity index (χ1) is 9.04. The van der Waals surface area contributed by atoms with Crippen LogP contribution in [0.1, 0.15) is 26.7 Å². The lowest BCUT2D eigenvalue weighted by Gasteiger charge is -2.08. The lowest BCUT2D eigenvalue weighted by atomic mass is 10.1. The van der Waals surface area contributed by atoms with Crippen molar-refractivity contribution in [1.29, 1.82) is 0 Å². The van der Waals surface area contributed by atoms with E-state index in [0.29, 0.717) is 17.7 Å². The summed E-state index contributed by atoms with van der Waals surface area (Å²) < 4.78 is 18.4. The van der Waals surface area contributed by atoms with Crippen LogP contribution in [0.25, 0.3) is 0 Å². The third-order valence-electron chi connectivity index (χ3n) is 2.46. The van der Waals surface area contributed by atoms with E-state index in [1.54, 1.807) is 19.9 Å². The molecule has 0 aromatic heterocycles. The van der Waals surface area contributed by atoms with Crippen molar-refractivity contribution in [2.45, 2.75) is 26.7 Å². The fourth-order valence-electron chi connectivity index (χ4n) is 1.60. The lowest BCUT2D eigenvalue weighted by Crippen LogP contribution is -2.17. The van der Waals surface area contributed by atoms with E-state index in [1.807, 2.05) is 0 Å². The third-order valence-corrected chi connectivity index (χ3v) is 2.46. The molecule has 2 N–H and O–H groups in total. The Labute approximate surface area is 112 Å². The van der Waals surface area contributed by atoms with Gasteiger partial charge in [-0.2, -0.15) is 0 Å². The van der Waals surface area contributed by atoms with Crippen LogP contribution in [0.4, 0.5) is 4.39 Å². The van der Waals surface area contributed by atoms with Gasteiger partial charge in [0.05, 0.1) is 13.2 Å². The molecule has 0 bridgehead atoms. The Morgan fingerprint density at radius 3 is 2.79 bits per heavy atom. The van der Waals surface area contributed by atoms with Crippen LogP contribution in [0.15, 0.2) is 40.3 Å². The molecule has 0 heterocycles. The van der Waals surface area contributed by atoms with Crippen molar-refractivity contribution < 1.29 is 13.9 Å². The maximum Gasteiger partial charge on any atom is 0.356 e. The maximum atomic E-state index is 13.5. The molecule has 19 heavy (non-hydrogen) atoms. The summed E-state index contributed by atoms with van der Waals surface area (Å²) in [4.78, 5) is 15.7. The van der Waals surface area contributed by atoms with Gasteiger partial charge in [-0.1, -0.05) is 6.08 Å². The predicted octanol–water partition coefficient (Wildman–Crippen LogP) is 2.43. The fourth-order valence-corrected chi connectivity index (χ4v) is 1.60. The third kappa shape index (κ3) is 5.07. The van der Waals surface area contributed by atoms with Crippen molar-refractivity contribution in [3.63, 3.8) is 0 Å². The highest BCUT2D eigenvalue weighted by Crippen LogP contribution is 2.19. The van der Waals surface area contributed by atoms with Gasteiger partial charge in [-0.15, -0.1) is 0 Å². The molecular weight excluding hydrogens is 247 g/mol. The second-order valence-corrected chi connectivity index (χ2v) is 4.17. The Hall–Kier alpha value is -1.91. The number of carbonyl (C=O) groups excluding carboxylic acids is 1. The van der Waals surface area contributed by atoms with Gasteiger partial charge in [0.15, 0.2) is 0 Å². The van der Waals surface area contributed by atoms with E-state index in [9.17, 15) is 9.18 Å². The topological polar surface area (TPSA) is 64.7 Å². The van der Waals surface area contributed by atoms with E-state index in [0.717, 1.165) is 6.42 Å². The molecule has 0 unspecified atom stereocenters. The number of halogens is 1. The van der Waals surface area contributed by atoms with Crippen LogP contribution in [-0.4, -0.2) is 24.8 Å². The zero-order valence-electron chi connectivity index (χ0n) is 11.3. The van der Waals surface area contributed by atoms with Crippen molar-refractivity contribution in [2.24, 2.45) is 10.7 Å². The van der Waals surface area contributed by atoms with Gasteiger partial charge >= 0.3 is 5.97 Å². The van der Waals surface area contributed by atoms with Crippen molar-refractivity contribution in [3.05, 3.63) is 35.3 Å². The molecule has 0 aromatic carbocycles. The molecule has 0 aromatic rings. The Morgan fingerprint density at radius 1 is 1.53 bits per heavy atom. The van der Waals surface area contributed by atoms with Crippen molar-refractivity contribution in [3.8, 4) is 0 Å². The van der Waals surface area contributed by atoms with Gasteiger partial charge in [-0.05, 0) is 38.8 Å². The average molecular weight is 266 g/mol. The van der Waals surface area contributed by atoms with Crippen LogP contribution >= 0.6 is 0 Å². The summed E-state index contributed by atoms with van der Waals surface area (Å²) in [5.74, 6) is -0.820. The minimum atomic E-state index is -0.548. The highest BCUT2D eigenvalue weighted by molar-refractivity contribution is 6.41. The molecule has 0 radical (unpaired) electrons. The van der Waals surface area contributed by atoms with Crippen molar-refractivity contribution in [1.82, 2.24) is 0 Å². The molecule has 0 aliphatic heterocycles. The number of rotatable bonds is 5. The normalized spacial score (nSPS) is 16.8. The largest absolute Gasteiger partial charge is 0.461 e. The van der Waals surface area contributed by atoms with E-state index in [2.05, 4.69) is 4.99 Å². The minimum absolute atomic E-state index is 0.111. The van der Waals surface area contributed by atoms with Gasteiger partial charge in [-0.3, -0.25) is 4.99 Å². The molecule has 4 nitrogen and oxygen atoms in total.